The Morgan fingerprint density at radius 1 is 1.10 bits per heavy atom. The van der Waals surface area contributed by atoms with Crippen molar-refractivity contribution in [3.63, 3.8) is 0 Å². The molecule has 0 unspecified atom stereocenters. The van der Waals surface area contributed by atoms with Crippen LogP contribution in [0, 0.1) is 0 Å². The Labute approximate surface area is 180 Å². The van der Waals surface area contributed by atoms with Crippen LogP contribution < -0.4 is 15.1 Å². The number of benzene rings is 2. The molecule has 160 valence electrons. The first kappa shape index (κ1) is 20.7. The van der Waals surface area contributed by atoms with Gasteiger partial charge in [-0.2, -0.15) is 0 Å². The Hall–Kier alpha value is -3.54. The highest BCUT2D eigenvalue weighted by atomic mass is 16.5. The molecule has 0 fully saturated rings. The van der Waals surface area contributed by atoms with Gasteiger partial charge in [-0.05, 0) is 73.2 Å². The third kappa shape index (κ3) is 4.63. The van der Waals surface area contributed by atoms with Crippen LogP contribution in [0.4, 0.5) is 0 Å². The zero-order valence-corrected chi connectivity index (χ0v) is 17.6. The second-order valence-electron chi connectivity index (χ2n) is 7.35. The van der Waals surface area contributed by atoms with Gasteiger partial charge in [-0.15, -0.1) is 0 Å². The summed E-state index contributed by atoms with van der Waals surface area (Å²) in [6, 6.07) is 10.8. The first-order chi connectivity index (χ1) is 15.1. The quantitative estimate of drug-likeness (QED) is 0.319. The molecule has 0 radical (unpaired) electrons. The molecule has 4 rings (SSSR count). The molecule has 31 heavy (non-hydrogen) atoms. The van der Waals surface area contributed by atoms with Crippen molar-refractivity contribution >= 4 is 23.0 Å². The standard InChI is InChI=1S/C25H24O6/c1-3-29-21-9-7-16(11-23(21)28-2)8-10-24(26)30-15-19-14-25(27)31-22-13-18-6-4-5-17(18)12-20(19)22/h7-14H,3-6,15H2,1-2H3/b10-8+. The first-order valence-electron chi connectivity index (χ1n) is 10.3. The molecule has 0 amide bonds. The number of esters is 1. The molecule has 1 heterocycles. The summed E-state index contributed by atoms with van der Waals surface area (Å²) in [4.78, 5) is 24.2. The van der Waals surface area contributed by atoms with Gasteiger partial charge in [0.05, 0.1) is 13.7 Å². The van der Waals surface area contributed by atoms with Crippen LogP contribution in [0.3, 0.4) is 0 Å². The lowest BCUT2D eigenvalue weighted by Gasteiger charge is -2.09. The molecule has 6 heteroatoms. The zero-order chi connectivity index (χ0) is 21.8. The third-order valence-electron chi connectivity index (χ3n) is 5.31. The first-order valence-corrected chi connectivity index (χ1v) is 10.3. The van der Waals surface area contributed by atoms with Gasteiger partial charge in [-0.1, -0.05) is 6.07 Å². The molecule has 0 saturated carbocycles. The second kappa shape index (κ2) is 9.08. The van der Waals surface area contributed by atoms with Crippen LogP contribution in [0.5, 0.6) is 11.5 Å². The molecule has 1 aliphatic rings. The number of fused-ring (bicyclic) bond motifs is 2. The minimum atomic E-state index is -0.504. The number of hydrogen-bond acceptors (Lipinski definition) is 6. The second-order valence-corrected chi connectivity index (χ2v) is 7.35. The van der Waals surface area contributed by atoms with E-state index in [0.29, 0.717) is 29.3 Å². The molecule has 0 atom stereocenters. The summed E-state index contributed by atoms with van der Waals surface area (Å²) in [5.74, 6) is 0.730. The summed E-state index contributed by atoms with van der Waals surface area (Å²) < 4.78 is 21.6. The minimum absolute atomic E-state index is 0.00331. The average Bonchev–Trinajstić information content (AvgIpc) is 3.22. The molecular weight excluding hydrogens is 396 g/mol. The van der Waals surface area contributed by atoms with E-state index < -0.39 is 11.6 Å². The van der Waals surface area contributed by atoms with Crippen molar-refractivity contribution in [3.05, 3.63) is 75.1 Å². The molecule has 3 aromatic rings. The summed E-state index contributed by atoms with van der Waals surface area (Å²) >= 11 is 0. The summed E-state index contributed by atoms with van der Waals surface area (Å²) in [6.45, 7) is 2.43. The number of rotatable bonds is 7. The van der Waals surface area contributed by atoms with Gasteiger partial charge in [0.15, 0.2) is 11.5 Å². The van der Waals surface area contributed by atoms with Gasteiger partial charge in [0.2, 0.25) is 0 Å². The molecule has 0 saturated heterocycles. The number of methoxy groups -OCH3 is 1. The summed E-state index contributed by atoms with van der Waals surface area (Å²) in [5.41, 5.74) is 3.99. The van der Waals surface area contributed by atoms with Crippen molar-refractivity contribution in [2.75, 3.05) is 13.7 Å². The number of carbonyl (C=O) groups is 1. The van der Waals surface area contributed by atoms with E-state index >= 15 is 0 Å². The number of ether oxygens (including phenoxy) is 3. The van der Waals surface area contributed by atoms with Crippen molar-refractivity contribution in [2.24, 2.45) is 0 Å². The van der Waals surface area contributed by atoms with Gasteiger partial charge in [-0.3, -0.25) is 0 Å². The number of carbonyl (C=O) groups excluding carboxylic acids is 1. The molecule has 6 nitrogen and oxygen atoms in total. The van der Waals surface area contributed by atoms with Crippen LogP contribution in [0.15, 0.2) is 51.7 Å². The van der Waals surface area contributed by atoms with E-state index in [2.05, 4.69) is 0 Å². The van der Waals surface area contributed by atoms with E-state index in [0.717, 1.165) is 30.2 Å². The molecule has 0 bridgehead atoms. The highest BCUT2D eigenvalue weighted by Gasteiger charge is 2.15. The highest BCUT2D eigenvalue weighted by Crippen LogP contribution is 2.29. The Morgan fingerprint density at radius 3 is 2.68 bits per heavy atom. The Morgan fingerprint density at radius 2 is 1.90 bits per heavy atom. The molecule has 0 spiro atoms. The zero-order valence-electron chi connectivity index (χ0n) is 17.6. The maximum Gasteiger partial charge on any atom is 0.336 e. The van der Waals surface area contributed by atoms with Crippen molar-refractivity contribution in [2.45, 2.75) is 32.8 Å². The summed E-state index contributed by atoms with van der Waals surface area (Å²) in [7, 11) is 1.57. The largest absolute Gasteiger partial charge is 0.493 e. The smallest absolute Gasteiger partial charge is 0.336 e. The minimum Gasteiger partial charge on any atom is -0.493 e. The van der Waals surface area contributed by atoms with E-state index in [1.165, 1.54) is 23.3 Å². The van der Waals surface area contributed by atoms with Crippen LogP contribution in [0.2, 0.25) is 0 Å². The predicted molar refractivity (Wildman–Crippen MR) is 118 cm³/mol. The van der Waals surface area contributed by atoms with E-state index in [1.807, 2.05) is 25.1 Å². The fraction of sp³-hybridized carbons (Fsp3) is 0.280. The van der Waals surface area contributed by atoms with E-state index in [-0.39, 0.29) is 6.61 Å². The van der Waals surface area contributed by atoms with Crippen molar-refractivity contribution in [3.8, 4) is 11.5 Å². The molecule has 1 aliphatic carbocycles. The van der Waals surface area contributed by atoms with Gasteiger partial charge in [-0.25, -0.2) is 9.59 Å². The lowest BCUT2D eigenvalue weighted by Crippen LogP contribution is -2.06. The maximum absolute atomic E-state index is 12.3. The summed E-state index contributed by atoms with van der Waals surface area (Å²) in [5, 5.41) is 0.813. The van der Waals surface area contributed by atoms with Crippen LogP contribution in [0.25, 0.3) is 17.0 Å². The normalized spacial score (nSPS) is 12.8. The van der Waals surface area contributed by atoms with E-state index in [1.54, 1.807) is 25.3 Å². The molecule has 1 aromatic heterocycles. The average molecular weight is 420 g/mol. The molecular formula is C25H24O6. The van der Waals surface area contributed by atoms with Gasteiger partial charge in [0.1, 0.15) is 12.2 Å². The third-order valence-corrected chi connectivity index (χ3v) is 5.31. The van der Waals surface area contributed by atoms with Crippen LogP contribution in [-0.2, 0) is 29.0 Å². The van der Waals surface area contributed by atoms with Crippen LogP contribution >= 0.6 is 0 Å². The maximum atomic E-state index is 12.3. The van der Waals surface area contributed by atoms with Gasteiger partial charge >= 0.3 is 11.6 Å². The lowest BCUT2D eigenvalue weighted by atomic mass is 10.0. The van der Waals surface area contributed by atoms with Crippen molar-refractivity contribution in [1.29, 1.82) is 0 Å². The fourth-order valence-electron chi connectivity index (χ4n) is 3.84. The summed E-state index contributed by atoms with van der Waals surface area (Å²) in [6.07, 6.45) is 6.10. The van der Waals surface area contributed by atoms with Gasteiger partial charge in [0.25, 0.3) is 0 Å². The lowest BCUT2D eigenvalue weighted by molar-refractivity contribution is -0.138. The Bertz CT molecular complexity index is 1200. The van der Waals surface area contributed by atoms with Crippen LogP contribution in [-0.4, -0.2) is 19.7 Å². The van der Waals surface area contributed by atoms with E-state index in [9.17, 15) is 9.59 Å². The van der Waals surface area contributed by atoms with Crippen molar-refractivity contribution in [1.82, 2.24) is 0 Å². The number of hydrogen-bond donors (Lipinski definition) is 0. The SMILES string of the molecule is CCOc1ccc(/C=C/C(=O)OCc2cc(=O)oc3cc4c(cc23)CCC4)cc1OC. The highest BCUT2D eigenvalue weighted by molar-refractivity contribution is 5.88. The molecule has 0 N–H and O–H groups in total. The molecule has 2 aromatic carbocycles. The van der Waals surface area contributed by atoms with Gasteiger partial charge < -0.3 is 18.6 Å². The monoisotopic (exact) mass is 420 g/mol. The van der Waals surface area contributed by atoms with Crippen LogP contribution in [0.1, 0.15) is 35.6 Å². The number of aryl methyl sites for hydroxylation is 2. The van der Waals surface area contributed by atoms with E-state index in [4.69, 9.17) is 18.6 Å². The Balaban J connectivity index is 1.48. The molecule has 0 aliphatic heterocycles. The fourth-order valence-corrected chi connectivity index (χ4v) is 3.84. The Kier molecular flexibility index (Phi) is 6.07. The van der Waals surface area contributed by atoms with Crippen molar-refractivity contribution < 1.29 is 23.4 Å². The topological polar surface area (TPSA) is 75.0 Å². The van der Waals surface area contributed by atoms with Gasteiger partial charge in [0, 0.05) is 23.1 Å². The predicted octanol–water partition coefficient (Wildman–Crippen LogP) is 4.45.